The first-order chi connectivity index (χ1) is 7.52. The number of aromatic nitrogens is 1. The maximum absolute atomic E-state index is 11.6. The number of nitrogens with zero attached hydrogens (tertiary/aromatic N) is 1. The Labute approximate surface area is 96.3 Å². The molecular formula is C12H19N3O. The molecule has 88 valence electrons. The zero-order valence-electron chi connectivity index (χ0n) is 10.1. The molecule has 1 atom stereocenters. The summed E-state index contributed by atoms with van der Waals surface area (Å²) in [6.07, 6.45) is 0.448. The Kier molecular flexibility index (Phi) is 4.43. The Bertz CT molecular complexity index is 377. The molecule has 0 fully saturated rings. The van der Waals surface area contributed by atoms with Crippen molar-refractivity contribution in [3.05, 3.63) is 23.5 Å². The van der Waals surface area contributed by atoms with Crippen molar-refractivity contribution in [3.63, 3.8) is 0 Å². The van der Waals surface area contributed by atoms with Crippen molar-refractivity contribution >= 4 is 11.6 Å². The van der Waals surface area contributed by atoms with E-state index in [2.05, 4.69) is 10.3 Å². The molecule has 0 aliphatic rings. The van der Waals surface area contributed by atoms with Crippen LogP contribution in [0.3, 0.4) is 0 Å². The molecule has 0 bridgehead atoms. The zero-order valence-corrected chi connectivity index (χ0v) is 10.1. The second kappa shape index (κ2) is 5.61. The lowest BCUT2D eigenvalue weighted by Crippen LogP contribution is -2.20. The van der Waals surface area contributed by atoms with E-state index in [1.165, 1.54) is 0 Å². The number of rotatable bonds is 4. The van der Waals surface area contributed by atoms with E-state index in [1.807, 2.05) is 32.9 Å². The summed E-state index contributed by atoms with van der Waals surface area (Å²) in [4.78, 5) is 15.9. The smallest absolute Gasteiger partial charge is 0.224 e. The van der Waals surface area contributed by atoms with Gasteiger partial charge in [0.15, 0.2) is 0 Å². The summed E-state index contributed by atoms with van der Waals surface area (Å²) in [6.45, 7) is 6.29. The van der Waals surface area contributed by atoms with Gasteiger partial charge in [0.1, 0.15) is 0 Å². The monoisotopic (exact) mass is 221 g/mol. The standard InChI is InChI=1S/C12H19N3O/c1-8(7-13)6-12(16)15-11-5-4-9(2)14-10(11)3/h4-5,8H,6-7,13H2,1-3H3,(H,15,16). The number of hydrogen-bond acceptors (Lipinski definition) is 3. The van der Waals surface area contributed by atoms with E-state index in [9.17, 15) is 4.79 Å². The number of carbonyl (C=O) groups is 1. The second-order valence-corrected chi connectivity index (χ2v) is 4.18. The van der Waals surface area contributed by atoms with E-state index in [0.717, 1.165) is 17.1 Å². The van der Waals surface area contributed by atoms with Crippen molar-refractivity contribution in [2.24, 2.45) is 11.7 Å². The largest absolute Gasteiger partial charge is 0.330 e. The number of carbonyl (C=O) groups excluding carboxylic acids is 1. The summed E-state index contributed by atoms with van der Waals surface area (Å²) in [5, 5.41) is 2.85. The number of pyridine rings is 1. The molecule has 1 aromatic heterocycles. The number of amides is 1. The third-order valence-corrected chi connectivity index (χ3v) is 2.44. The summed E-state index contributed by atoms with van der Waals surface area (Å²) in [5.41, 5.74) is 8.04. The number of anilines is 1. The topological polar surface area (TPSA) is 68.0 Å². The van der Waals surface area contributed by atoms with Gasteiger partial charge in [0, 0.05) is 12.1 Å². The average Bonchev–Trinajstić information content (AvgIpc) is 2.22. The number of hydrogen-bond donors (Lipinski definition) is 2. The van der Waals surface area contributed by atoms with Gasteiger partial charge in [-0.15, -0.1) is 0 Å². The van der Waals surface area contributed by atoms with Crippen molar-refractivity contribution in [1.82, 2.24) is 4.98 Å². The summed E-state index contributed by atoms with van der Waals surface area (Å²) in [7, 11) is 0. The maximum Gasteiger partial charge on any atom is 0.224 e. The molecule has 16 heavy (non-hydrogen) atoms. The van der Waals surface area contributed by atoms with Crippen LogP contribution in [-0.2, 0) is 4.79 Å². The van der Waals surface area contributed by atoms with Gasteiger partial charge in [-0.25, -0.2) is 0 Å². The predicted molar refractivity (Wildman–Crippen MR) is 65.2 cm³/mol. The first-order valence-electron chi connectivity index (χ1n) is 5.47. The molecule has 1 heterocycles. The van der Waals surface area contributed by atoms with Gasteiger partial charge in [0.25, 0.3) is 0 Å². The van der Waals surface area contributed by atoms with Crippen molar-refractivity contribution in [2.45, 2.75) is 27.2 Å². The quantitative estimate of drug-likeness (QED) is 0.811. The molecule has 0 spiro atoms. The highest BCUT2D eigenvalue weighted by molar-refractivity contribution is 5.91. The fraction of sp³-hybridized carbons (Fsp3) is 0.500. The van der Waals surface area contributed by atoms with Gasteiger partial charge in [-0.3, -0.25) is 9.78 Å². The molecule has 1 rings (SSSR count). The van der Waals surface area contributed by atoms with Crippen LogP contribution in [0.2, 0.25) is 0 Å². The van der Waals surface area contributed by atoms with Crippen LogP contribution in [0.4, 0.5) is 5.69 Å². The Hall–Kier alpha value is -1.42. The molecule has 0 saturated carbocycles. The van der Waals surface area contributed by atoms with Gasteiger partial charge < -0.3 is 11.1 Å². The van der Waals surface area contributed by atoms with Gasteiger partial charge in [0.05, 0.1) is 11.4 Å². The Morgan fingerprint density at radius 3 is 2.75 bits per heavy atom. The van der Waals surface area contributed by atoms with Gasteiger partial charge in [-0.2, -0.15) is 0 Å². The Morgan fingerprint density at radius 1 is 1.50 bits per heavy atom. The third-order valence-electron chi connectivity index (χ3n) is 2.44. The molecule has 1 amide bonds. The Balaban J connectivity index is 2.63. The molecule has 0 aliphatic carbocycles. The number of aryl methyl sites for hydroxylation is 2. The third kappa shape index (κ3) is 3.62. The van der Waals surface area contributed by atoms with Crippen LogP contribution < -0.4 is 11.1 Å². The Morgan fingerprint density at radius 2 is 2.19 bits per heavy atom. The van der Waals surface area contributed by atoms with Crippen LogP contribution in [-0.4, -0.2) is 17.4 Å². The molecular weight excluding hydrogens is 202 g/mol. The summed E-state index contributed by atoms with van der Waals surface area (Å²) in [6, 6.07) is 3.76. The minimum Gasteiger partial charge on any atom is -0.330 e. The van der Waals surface area contributed by atoms with Gasteiger partial charge in [-0.05, 0) is 38.4 Å². The minimum atomic E-state index is -0.00768. The summed E-state index contributed by atoms with van der Waals surface area (Å²) >= 11 is 0. The molecule has 4 heteroatoms. The van der Waals surface area contributed by atoms with Crippen molar-refractivity contribution in [1.29, 1.82) is 0 Å². The molecule has 4 nitrogen and oxygen atoms in total. The van der Waals surface area contributed by atoms with Crippen LogP contribution in [0.25, 0.3) is 0 Å². The molecule has 0 saturated heterocycles. The maximum atomic E-state index is 11.6. The zero-order chi connectivity index (χ0) is 12.1. The average molecular weight is 221 g/mol. The molecule has 0 aliphatic heterocycles. The minimum absolute atomic E-state index is 0.00768. The van der Waals surface area contributed by atoms with Crippen molar-refractivity contribution < 1.29 is 4.79 Å². The van der Waals surface area contributed by atoms with Gasteiger partial charge in [-0.1, -0.05) is 6.92 Å². The highest BCUT2D eigenvalue weighted by atomic mass is 16.1. The first-order valence-corrected chi connectivity index (χ1v) is 5.47. The molecule has 0 aromatic carbocycles. The van der Waals surface area contributed by atoms with Crippen LogP contribution in [0, 0.1) is 19.8 Å². The van der Waals surface area contributed by atoms with Crippen molar-refractivity contribution in [3.8, 4) is 0 Å². The van der Waals surface area contributed by atoms with E-state index >= 15 is 0 Å². The lowest BCUT2D eigenvalue weighted by molar-refractivity contribution is -0.116. The summed E-state index contributed by atoms with van der Waals surface area (Å²) in [5.74, 6) is 0.199. The van der Waals surface area contributed by atoms with Crippen LogP contribution in [0.5, 0.6) is 0 Å². The molecule has 1 aromatic rings. The molecule has 1 unspecified atom stereocenters. The summed E-state index contributed by atoms with van der Waals surface area (Å²) < 4.78 is 0. The van der Waals surface area contributed by atoms with E-state index < -0.39 is 0 Å². The SMILES string of the molecule is Cc1ccc(NC(=O)CC(C)CN)c(C)n1. The van der Waals surface area contributed by atoms with E-state index in [-0.39, 0.29) is 11.8 Å². The highest BCUT2D eigenvalue weighted by Gasteiger charge is 2.09. The van der Waals surface area contributed by atoms with Gasteiger partial charge in [0.2, 0.25) is 5.91 Å². The fourth-order valence-electron chi connectivity index (χ4n) is 1.42. The lowest BCUT2D eigenvalue weighted by atomic mass is 10.1. The predicted octanol–water partition coefficient (Wildman–Crippen LogP) is 1.62. The molecule has 0 radical (unpaired) electrons. The number of nitrogens with one attached hydrogen (secondary N) is 1. The second-order valence-electron chi connectivity index (χ2n) is 4.18. The van der Waals surface area contributed by atoms with Crippen molar-refractivity contribution in [2.75, 3.05) is 11.9 Å². The molecule has 3 N–H and O–H groups in total. The highest BCUT2D eigenvalue weighted by Crippen LogP contribution is 2.13. The lowest BCUT2D eigenvalue weighted by Gasteiger charge is -2.10. The van der Waals surface area contributed by atoms with Gasteiger partial charge >= 0.3 is 0 Å². The number of nitrogens with two attached hydrogens (primary N) is 1. The fourth-order valence-corrected chi connectivity index (χ4v) is 1.42. The van der Waals surface area contributed by atoms with E-state index in [1.54, 1.807) is 0 Å². The van der Waals surface area contributed by atoms with Crippen LogP contribution in [0.15, 0.2) is 12.1 Å². The van der Waals surface area contributed by atoms with Crippen LogP contribution >= 0.6 is 0 Å². The van der Waals surface area contributed by atoms with Crippen LogP contribution in [0.1, 0.15) is 24.7 Å². The normalized spacial score (nSPS) is 12.2. The van der Waals surface area contributed by atoms with E-state index in [0.29, 0.717) is 13.0 Å². The van der Waals surface area contributed by atoms with E-state index in [4.69, 9.17) is 5.73 Å². The first kappa shape index (κ1) is 12.6.